The molecule has 3 heterocycles. The van der Waals surface area contributed by atoms with Crippen LogP contribution in [0, 0.1) is 0 Å². The van der Waals surface area contributed by atoms with Crippen LogP contribution in [0.4, 0.5) is 0 Å². The van der Waals surface area contributed by atoms with Gasteiger partial charge in [-0.25, -0.2) is 0 Å². The number of pyridine rings is 1. The average molecular weight is 352 g/mol. The second kappa shape index (κ2) is 6.73. The van der Waals surface area contributed by atoms with Gasteiger partial charge in [-0.1, -0.05) is 30.0 Å². The largest absolute Gasteiger partial charge is 0.507 e. The quantitative estimate of drug-likeness (QED) is 0.527. The Bertz CT molecular complexity index is 985. The number of thioether (sulfide) groups is 1. The van der Waals surface area contributed by atoms with Crippen molar-refractivity contribution < 1.29 is 9.52 Å². The molecule has 0 atom stereocenters. The van der Waals surface area contributed by atoms with Crippen LogP contribution >= 0.6 is 11.8 Å². The summed E-state index contributed by atoms with van der Waals surface area (Å²) in [5, 5.41) is 25.3. The predicted molar refractivity (Wildman–Crippen MR) is 90.6 cm³/mol. The Kier molecular flexibility index (Phi) is 4.13. The molecule has 0 amide bonds. The fourth-order valence-corrected chi connectivity index (χ4v) is 2.77. The van der Waals surface area contributed by atoms with Crippen LogP contribution < -0.4 is 0 Å². The van der Waals surface area contributed by atoms with Crippen LogP contribution in [-0.4, -0.2) is 35.5 Å². The summed E-state index contributed by atoms with van der Waals surface area (Å²) in [7, 11) is 0. The van der Waals surface area contributed by atoms with E-state index >= 15 is 0 Å². The number of hydrogen-bond acceptors (Lipinski definition) is 8. The molecule has 0 spiro atoms. The van der Waals surface area contributed by atoms with E-state index in [0.717, 1.165) is 5.69 Å². The van der Waals surface area contributed by atoms with Crippen LogP contribution in [0.25, 0.3) is 23.0 Å². The van der Waals surface area contributed by atoms with Crippen LogP contribution in [0.3, 0.4) is 0 Å². The summed E-state index contributed by atoms with van der Waals surface area (Å²) in [4.78, 5) is 8.60. The van der Waals surface area contributed by atoms with Gasteiger partial charge in [0.25, 0.3) is 5.89 Å². The number of phenolic OH excluding ortho intramolecular Hbond substituents is 1. The molecule has 0 saturated heterocycles. The lowest BCUT2D eigenvalue weighted by atomic mass is 10.2. The van der Waals surface area contributed by atoms with Crippen LogP contribution in [0.1, 0.15) is 5.89 Å². The predicted octanol–water partition coefficient (Wildman–Crippen LogP) is 2.91. The van der Waals surface area contributed by atoms with Crippen molar-refractivity contribution in [3.05, 3.63) is 54.6 Å². The van der Waals surface area contributed by atoms with E-state index in [1.807, 2.05) is 18.2 Å². The van der Waals surface area contributed by atoms with Gasteiger partial charge in [0.2, 0.25) is 11.0 Å². The van der Waals surface area contributed by atoms with Gasteiger partial charge >= 0.3 is 0 Å². The molecule has 25 heavy (non-hydrogen) atoms. The summed E-state index contributed by atoms with van der Waals surface area (Å²) in [6, 6.07) is 12.4. The van der Waals surface area contributed by atoms with Crippen molar-refractivity contribution in [2.24, 2.45) is 0 Å². The highest BCUT2D eigenvalue weighted by atomic mass is 32.2. The molecule has 0 unspecified atom stereocenters. The lowest BCUT2D eigenvalue weighted by Crippen LogP contribution is -1.84. The lowest BCUT2D eigenvalue weighted by molar-refractivity contribution is 0.470. The van der Waals surface area contributed by atoms with Crippen molar-refractivity contribution in [1.29, 1.82) is 0 Å². The molecule has 0 fully saturated rings. The maximum Gasteiger partial charge on any atom is 0.251 e. The number of aromatic amines is 1. The molecule has 0 aliphatic rings. The van der Waals surface area contributed by atoms with Crippen LogP contribution in [0.15, 0.2) is 58.2 Å². The smallest absolute Gasteiger partial charge is 0.251 e. The Labute approximate surface area is 146 Å². The standard InChI is InChI=1S/C16H12N6O2S/c23-12-7-2-1-5-10(12)15-21-19-13(24-15)9-25-16-18-14(20-22-16)11-6-3-4-8-17-11/h1-8,23H,9H2,(H,18,20,22). The molecule has 2 N–H and O–H groups in total. The maximum absolute atomic E-state index is 9.83. The fourth-order valence-electron chi connectivity index (χ4n) is 2.13. The normalized spacial score (nSPS) is 10.9. The van der Waals surface area contributed by atoms with Crippen molar-refractivity contribution in [3.63, 3.8) is 0 Å². The lowest BCUT2D eigenvalue weighted by Gasteiger charge is -1.97. The Morgan fingerprint density at radius 1 is 1.08 bits per heavy atom. The number of aromatic nitrogens is 6. The van der Waals surface area contributed by atoms with Gasteiger partial charge in [-0.05, 0) is 24.3 Å². The molecule has 0 saturated carbocycles. The van der Waals surface area contributed by atoms with E-state index in [1.165, 1.54) is 11.8 Å². The zero-order valence-corrected chi connectivity index (χ0v) is 13.6. The molecule has 124 valence electrons. The summed E-state index contributed by atoms with van der Waals surface area (Å²) in [5.41, 5.74) is 1.23. The zero-order valence-electron chi connectivity index (χ0n) is 12.8. The molecular formula is C16H12N6O2S. The van der Waals surface area contributed by atoms with Gasteiger partial charge in [-0.2, -0.15) is 4.98 Å². The first kappa shape index (κ1) is 15.3. The van der Waals surface area contributed by atoms with E-state index in [0.29, 0.717) is 28.2 Å². The molecule has 1 aromatic carbocycles. The molecule has 0 bridgehead atoms. The number of para-hydroxylation sites is 1. The van der Waals surface area contributed by atoms with Gasteiger partial charge in [-0.15, -0.1) is 15.3 Å². The number of nitrogens with zero attached hydrogens (tertiary/aromatic N) is 5. The second-order valence-electron chi connectivity index (χ2n) is 4.99. The van der Waals surface area contributed by atoms with Crippen molar-refractivity contribution in [1.82, 2.24) is 30.4 Å². The Morgan fingerprint density at radius 3 is 2.80 bits per heavy atom. The molecule has 0 aliphatic heterocycles. The first-order valence-corrected chi connectivity index (χ1v) is 8.35. The summed E-state index contributed by atoms with van der Waals surface area (Å²) in [5.74, 6) is 1.81. The van der Waals surface area contributed by atoms with Crippen LogP contribution in [0.2, 0.25) is 0 Å². The third-order valence-corrected chi connectivity index (χ3v) is 4.13. The SMILES string of the molecule is Oc1ccccc1-c1nnc(CSc2n[nH]c(-c3ccccn3)n2)o1. The van der Waals surface area contributed by atoms with Crippen molar-refractivity contribution in [2.75, 3.05) is 0 Å². The first-order valence-electron chi connectivity index (χ1n) is 7.37. The van der Waals surface area contributed by atoms with E-state index in [9.17, 15) is 5.11 Å². The number of benzene rings is 1. The molecule has 4 aromatic rings. The summed E-state index contributed by atoms with van der Waals surface area (Å²) >= 11 is 1.36. The summed E-state index contributed by atoms with van der Waals surface area (Å²) in [6.45, 7) is 0. The van der Waals surface area contributed by atoms with E-state index in [4.69, 9.17) is 4.42 Å². The van der Waals surface area contributed by atoms with Crippen LogP contribution in [0.5, 0.6) is 5.75 Å². The highest BCUT2D eigenvalue weighted by Gasteiger charge is 2.13. The number of nitrogens with one attached hydrogen (secondary N) is 1. The summed E-state index contributed by atoms with van der Waals surface area (Å²) in [6.07, 6.45) is 1.70. The van der Waals surface area contributed by atoms with Crippen molar-refractivity contribution in [3.8, 4) is 28.7 Å². The third kappa shape index (κ3) is 3.36. The number of rotatable bonds is 5. The highest BCUT2D eigenvalue weighted by molar-refractivity contribution is 7.98. The summed E-state index contributed by atoms with van der Waals surface area (Å²) < 4.78 is 5.58. The van der Waals surface area contributed by atoms with Crippen molar-refractivity contribution >= 4 is 11.8 Å². The Balaban J connectivity index is 1.44. The van der Waals surface area contributed by atoms with Gasteiger partial charge in [-0.3, -0.25) is 10.1 Å². The molecule has 3 aromatic heterocycles. The average Bonchev–Trinajstić information content (AvgIpc) is 3.31. The minimum Gasteiger partial charge on any atom is -0.507 e. The molecule has 9 heteroatoms. The molecule has 4 rings (SSSR count). The molecule has 8 nitrogen and oxygen atoms in total. The fraction of sp³-hybridized carbons (Fsp3) is 0.0625. The topological polar surface area (TPSA) is 114 Å². The number of hydrogen-bond donors (Lipinski definition) is 2. The maximum atomic E-state index is 9.83. The minimum atomic E-state index is 0.0966. The van der Waals surface area contributed by atoms with Gasteiger partial charge in [0, 0.05) is 6.20 Å². The van der Waals surface area contributed by atoms with E-state index < -0.39 is 0 Å². The van der Waals surface area contributed by atoms with E-state index in [-0.39, 0.29) is 11.6 Å². The zero-order chi connectivity index (χ0) is 17.1. The Morgan fingerprint density at radius 2 is 1.96 bits per heavy atom. The third-order valence-electron chi connectivity index (χ3n) is 3.30. The molecule has 0 aliphatic carbocycles. The van der Waals surface area contributed by atoms with E-state index in [1.54, 1.807) is 30.5 Å². The van der Waals surface area contributed by atoms with Gasteiger partial charge in [0.05, 0.1) is 11.3 Å². The number of phenols is 1. The van der Waals surface area contributed by atoms with Gasteiger partial charge < -0.3 is 9.52 Å². The van der Waals surface area contributed by atoms with Crippen molar-refractivity contribution in [2.45, 2.75) is 10.9 Å². The molecular weight excluding hydrogens is 340 g/mol. The van der Waals surface area contributed by atoms with Gasteiger partial charge in [0.15, 0.2) is 5.82 Å². The van der Waals surface area contributed by atoms with Gasteiger partial charge in [0.1, 0.15) is 11.4 Å². The minimum absolute atomic E-state index is 0.0966. The molecule has 0 radical (unpaired) electrons. The highest BCUT2D eigenvalue weighted by Crippen LogP contribution is 2.28. The monoisotopic (exact) mass is 352 g/mol. The number of H-pyrrole nitrogens is 1. The van der Waals surface area contributed by atoms with Crippen LogP contribution in [-0.2, 0) is 5.75 Å². The first-order chi connectivity index (χ1) is 12.3. The number of aromatic hydroxyl groups is 1. The second-order valence-corrected chi connectivity index (χ2v) is 5.93. The van der Waals surface area contributed by atoms with E-state index in [2.05, 4.69) is 30.4 Å². The Hall–Kier alpha value is -3.20.